The van der Waals surface area contributed by atoms with Crippen molar-refractivity contribution in [3.63, 3.8) is 0 Å². The van der Waals surface area contributed by atoms with Gasteiger partial charge in [0, 0.05) is 5.56 Å². The Morgan fingerprint density at radius 3 is 2.10 bits per heavy atom. The highest BCUT2D eigenvalue weighted by atomic mass is 16.5. The summed E-state index contributed by atoms with van der Waals surface area (Å²) in [7, 11) is 0. The zero-order valence-electron chi connectivity index (χ0n) is 12.2. The Morgan fingerprint density at radius 1 is 1.10 bits per heavy atom. The molecule has 0 heterocycles. The molecule has 6 heteroatoms. The molecule has 6 nitrogen and oxygen atoms in total. The Balaban J connectivity index is 2.64. The quantitative estimate of drug-likeness (QED) is 0.537. The minimum absolute atomic E-state index is 0.0831. The van der Waals surface area contributed by atoms with Crippen molar-refractivity contribution >= 4 is 5.91 Å². The fraction of sp³-hybridized carbons (Fsp3) is 0.533. The van der Waals surface area contributed by atoms with Crippen LogP contribution >= 0.6 is 0 Å². The van der Waals surface area contributed by atoms with Gasteiger partial charge < -0.3 is 25.0 Å². The number of hydrogen-bond acceptors (Lipinski definition) is 5. The molecule has 0 aliphatic rings. The summed E-state index contributed by atoms with van der Waals surface area (Å²) in [5.41, 5.74) is -0.190. The first kappa shape index (κ1) is 17.6. The second-order valence-electron chi connectivity index (χ2n) is 4.93. The molecule has 0 radical (unpaired) electrons. The van der Waals surface area contributed by atoms with Crippen molar-refractivity contribution < 1.29 is 24.5 Å². The van der Waals surface area contributed by atoms with Gasteiger partial charge in [0.25, 0.3) is 5.91 Å². The summed E-state index contributed by atoms with van der Waals surface area (Å²) in [6, 6.07) is 8.86. The van der Waals surface area contributed by atoms with Crippen molar-refractivity contribution in [1.82, 2.24) is 5.32 Å². The summed E-state index contributed by atoms with van der Waals surface area (Å²) in [4.78, 5) is 12.2. The molecular formula is C15H23NO5. The van der Waals surface area contributed by atoms with E-state index in [1.807, 2.05) is 6.07 Å². The number of hydrogen-bond donors (Lipinski definition) is 3. The second kappa shape index (κ2) is 9.46. The fourth-order valence-corrected chi connectivity index (χ4v) is 1.77. The van der Waals surface area contributed by atoms with Crippen LogP contribution in [0.5, 0.6) is 0 Å². The molecule has 0 bridgehead atoms. The Labute approximate surface area is 124 Å². The Hall–Kier alpha value is -1.47. The van der Waals surface area contributed by atoms with Crippen LogP contribution < -0.4 is 5.32 Å². The molecule has 0 unspecified atom stereocenters. The third kappa shape index (κ3) is 6.68. The van der Waals surface area contributed by atoms with Crippen LogP contribution in [-0.2, 0) is 9.47 Å². The zero-order valence-corrected chi connectivity index (χ0v) is 12.2. The highest BCUT2D eigenvalue weighted by Gasteiger charge is 2.27. The molecule has 0 saturated carbocycles. The lowest BCUT2D eigenvalue weighted by atomic mass is 10.0. The lowest BCUT2D eigenvalue weighted by Crippen LogP contribution is -2.53. The third-order valence-corrected chi connectivity index (χ3v) is 2.76. The van der Waals surface area contributed by atoms with E-state index in [-0.39, 0.29) is 45.5 Å². The number of rotatable bonds is 10. The summed E-state index contributed by atoms with van der Waals surface area (Å²) in [6.45, 7) is 2.42. The SMILES string of the molecule is CC(COCCO)(COCCO)NC(=O)c1ccccc1. The number of ether oxygens (including phenoxy) is 2. The van der Waals surface area contributed by atoms with Gasteiger partial charge in [0.05, 0.1) is 45.2 Å². The van der Waals surface area contributed by atoms with E-state index in [4.69, 9.17) is 19.7 Å². The van der Waals surface area contributed by atoms with Crippen LogP contribution in [0.4, 0.5) is 0 Å². The van der Waals surface area contributed by atoms with Crippen LogP contribution in [0.1, 0.15) is 17.3 Å². The first-order chi connectivity index (χ1) is 10.1. The van der Waals surface area contributed by atoms with E-state index < -0.39 is 5.54 Å². The summed E-state index contributed by atoms with van der Waals surface area (Å²) < 4.78 is 10.6. The number of aliphatic hydroxyl groups excluding tert-OH is 2. The van der Waals surface area contributed by atoms with Crippen molar-refractivity contribution in [3.8, 4) is 0 Å². The van der Waals surface area contributed by atoms with Crippen LogP contribution in [-0.4, -0.2) is 61.3 Å². The molecule has 21 heavy (non-hydrogen) atoms. The fourth-order valence-electron chi connectivity index (χ4n) is 1.77. The minimum atomic E-state index is -0.739. The molecule has 118 valence electrons. The van der Waals surface area contributed by atoms with Gasteiger partial charge in [-0.25, -0.2) is 0 Å². The van der Waals surface area contributed by atoms with Gasteiger partial charge in [-0.3, -0.25) is 4.79 Å². The van der Waals surface area contributed by atoms with Gasteiger partial charge >= 0.3 is 0 Å². The minimum Gasteiger partial charge on any atom is -0.394 e. The van der Waals surface area contributed by atoms with E-state index >= 15 is 0 Å². The van der Waals surface area contributed by atoms with E-state index in [2.05, 4.69) is 5.32 Å². The normalized spacial score (nSPS) is 11.4. The summed E-state index contributed by atoms with van der Waals surface area (Å²) in [6.07, 6.45) is 0. The molecule has 3 N–H and O–H groups in total. The Kier molecular flexibility index (Phi) is 7.92. The molecule has 0 atom stereocenters. The van der Waals surface area contributed by atoms with Gasteiger partial charge in [0.1, 0.15) is 0 Å². The van der Waals surface area contributed by atoms with Gasteiger partial charge in [-0.05, 0) is 19.1 Å². The van der Waals surface area contributed by atoms with Crippen molar-refractivity contribution in [2.45, 2.75) is 12.5 Å². The van der Waals surface area contributed by atoms with Gasteiger partial charge in [-0.2, -0.15) is 0 Å². The average Bonchev–Trinajstić information content (AvgIpc) is 2.48. The van der Waals surface area contributed by atoms with E-state index in [9.17, 15) is 4.79 Å². The summed E-state index contributed by atoms with van der Waals surface area (Å²) in [5, 5.41) is 20.4. The summed E-state index contributed by atoms with van der Waals surface area (Å²) in [5.74, 6) is -0.224. The Bertz CT molecular complexity index is 400. The number of nitrogens with one attached hydrogen (secondary N) is 1. The third-order valence-electron chi connectivity index (χ3n) is 2.76. The van der Waals surface area contributed by atoms with Crippen LogP contribution in [0.15, 0.2) is 30.3 Å². The van der Waals surface area contributed by atoms with Gasteiger partial charge in [0.2, 0.25) is 0 Å². The van der Waals surface area contributed by atoms with Gasteiger partial charge in [-0.15, -0.1) is 0 Å². The maximum absolute atomic E-state index is 12.2. The number of amides is 1. The number of carbonyl (C=O) groups excluding carboxylic acids is 1. The topological polar surface area (TPSA) is 88.0 Å². The number of aliphatic hydroxyl groups is 2. The second-order valence-corrected chi connectivity index (χ2v) is 4.93. The van der Waals surface area contributed by atoms with Crippen molar-refractivity contribution in [2.75, 3.05) is 39.6 Å². The van der Waals surface area contributed by atoms with Gasteiger partial charge in [-0.1, -0.05) is 18.2 Å². The highest BCUT2D eigenvalue weighted by Crippen LogP contribution is 2.09. The lowest BCUT2D eigenvalue weighted by Gasteiger charge is -2.30. The monoisotopic (exact) mass is 297 g/mol. The molecule has 0 aromatic heterocycles. The largest absolute Gasteiger partial charge is 0.394 e. The zero-order chi connectivity index (χ0) is 15.6. The number of benzene rings is 1. The average molecular weight is 297 g/mol. The predicted molar refractivity (Wildman–Crippen MR) is 78.1 cm³/mol. The summed E-state index contributed by atoms with van der Waals surface area (Å²) >= 11 is 0. The predicted octanol–water partition coefficient (Wildman–Crippen LogP) is 0.193. The van der Waals surface area contributed by atoms with Crippen LogP contribution in [0, 0.1) is 0 Å². The first-order valence-electron chi connectivity index (χ1n) is 6.86. The molecule has 0 fully saturated rings. The molecule has 1 aromatic rings. The maximum atomic E-state index is 12.2. The molecular weight excluding hydrogens is 274 g/mol. The molecule has 1 aromatic carbocycles. The standard InChI is InChI=1S/C15H23NO5/c1-15(11-20-9-7-17,12-21-10-8-18)16-14(19)13-5-3-2-4-6-13/h2-6,17-18H,7-12H2,1H3,(H,16,19). The molecule has 0 aliphatic carbocycles. The van der Waals surface area contributed by atoms with E-state index in [1.165, 1.54) is 0 Å². The maximum Gasteiger partial charge on any atom is 0.251 e. The highest BCUT2D eigenvalue weighted by molar-refractivity contribution is 5.94. The lowest BCUT2D eigenvalue weighted by molar-refractivity contribution is -0.00260. The Morgan fingerprint density at radius 2 is 1.62 bits per heavy atom. The van der Waals surface area contributed by atoms with Crippen LogP contribution in [0.25, 0.3) is 0 Å². The van der Waals surface area contributed by atoms with Crippen molar-refractivity contribution in [2.24, 2.45) is 0 Å². The van der Waals surface area contributed by atoms with Crippen molar-refractivity contribution in [3.05, 3.63) is 35.9 Å². The molecule has 0 aliphatic heterocycles. The van der Waals surface area contributed by atoms with Crippen molar-refractivity contribution in [1.29, 1.82) is 0 Å². The smallest absolute Gasteiger partial charge is 0.251 e. The first-order valence-corrected chi connectivity index (χ1v) is 6.86. The van der Waals surface area contributed by atoms with Crippen LogP contribution in [0.3, 0.4) is 0 Å². The van der Waals surface area contributed by atoms with Crippen LogP contribution in [0.2, 0.25) is 0 Å². The molecule has 0 spiro atoms. The van der Waals surface area contributed by atoms with Gasteiger partial charge in [0.15, 0.2) is 0 Å². The molecule has 0 saturated heterocycles. The number of carbonyl (C=O) groups is 1. The van der Waals surface area contributed by atoms with E-state index in [0.717, 1.165) is 0 Å². The van der Waals surface area contributed by atoms with E-state index in [1.54, 1.807) is 31.2 Å². The molecule has 1 amide bonds. The van der Waals surface area contributed by atoms with E-state index in [0.29, 0.717) is 5.56 Å². The molecule has 1 rings (SSSR count).